The molecule has 3 nitrogen and oxygen atoms in total. The van der Waals surface area contributed by atoms with Gasteiger partial charge in [0.15, 0.2) is 0 Å². The van der Waals surface area contributed by atoms with Gasteiger partial charge in [0.1, 0.15) is 6.61 Å². The second kappa shape index (κ2) is 5.15. The lowest BCUT2D eigenvalue weighted by Crippen LogP contribution is -2.29. The molecule has 0 aliphatic carbocycles. The first-order valence-electron chi connectivity index (χ1n) is 2.71. The van der Waals surface area contributed by atoms with E-state index in [4.69, 9.17) is 6.42 Å². The van der Waals surface area contributed by atoms with Gasteiger partial charge in [-0.1, -0.05) is 5.92 Å². The topological polar surface area (TPSA) is 38.3 Å². The van der Waals surface area contributed by atoms with Crippen molar-refractivity contribution in [3.63, 3.8) is 0 Å². The van der Waals surface area contributed by atoms with Crippen molar-refractivity contribution in [2.45, 2.75) is 12.2 Å². The second-order valence-electron chi connectivity index (χ2n) is 1.64. The second-order valence-corrected chi connectivity index (χ2v) is 2.41. The van der Waals surface area contributed by atoms with Crippen LogP contribution >= 0.6 is 12.6 Å². The molecule has 0 spiro atoms. The Morgan fingerprint density at radius 3 is 3.00 bits per heavy atom. The highest BCUT2D eigenvalue weighted by atomic mass is 32.1. The van der Waals surface area contributed by atoms with Gasteiger partial charge in [-0.25, -0.2) is 5.48 Å². The quantitative estimate of drug-likeness (QED) is 0.263. The minimum atomic E-state index is -0.377. The molecule has 0 aliphatic rings. The van der Waals surface area contributed by atoms with Gasteiger partial charge in [0.2, 0.25) is 0 Å². The summed E-state index contributed by atoms with van der Waals surface area (Å²) < 4.78 is 0. The van der Waals surface area contributed by atoms with Crippen molar-refractivity contribution in [2.24, 2.45) is 0 Å². The number of hydroxylamine groups is 1. The zero-order valence-corrected chi connectivity index (χ0v) is 6.52. The van der Waals surface area contributed by atoms with Gasteiger partial charge in [-0.3, -0.25) is 9.63 Å². The molecule has 0 rings (SSSR count). The van der Waals surface area contributed by atoms with Gasteiger partial charge in [-0.15, -0.1) is 6.42 Å². The third-order valence-corrected chi connectivity index (χ3v) is 0.942. The van der Waals surface area contributed by atoms with Crippen LogP contribution in [0.4, 0.5) is 0 Å². The van der Waals surface area contributed by atoms with Gasteiger partial charge < -0.3 is 0 Å². The Morgan fingerprint density at radius 2 is 2.60 bits per heavy atom. The van der Waals surface area contributed by atoms with Gasteiger partial charge >= 0.3 is 0 Å². The maximum atomic E-state index is 10.6. The molecule has 0 saturated carbocycles. The van der Waals surface area contributed by atoms with Crippen molar-refractivity contribution in [3.05, 3.63) is 0 Å². The van der Waals surface area contributed by atoms with Crippen LogP contribution in [0.3, 0.4) is 0 Å². The van der Waals surface area contributed by atoms with Crippen LogP contribution in [-0.2, 0) is 9.63 Å². The third kappa shape index (κ3) is 4.24. The number of terminal acetylenes is 1. The summed E-state index contributed by atoms with van der Waals surface area (Å²) in [6, 6.07) is 0. The monoisotopic (exact) mass is 159 g/mol. The molecule has 0 aliphatic heterocycles. The number of thiol groups is 1. The van der Waals surface area contributed by atoms with Gasteiger partial charge in [-0.05, 0) is 6.92 Å². The molecule has 1 atom stereocenters. The van der Waals surface area contributed by atoms with Crippen molar-refractivity contribution in [3.8, 4) is 12.3 Å². The molecule has 1 N–H and O–H groups in total. The fraction of sp³-hybridized carbons (Fsp3) is 0.500. The van der Waals surface area contributed by atoms with E-state index in [1.165, 1.54) is 0 Å². The number of hydrogen-bond donors (Lipinski definition) is 2. The van der Waals surface area contributed by atoms with Crippen LogP contribution in [0.1, 0.15) is 6.92 Å². The van der Waals surface area contributed by atoms with E-state index < -0.39 is 0 Å². The molecule has 0 bridgehead atoms. The fourth-order valence-corrected chi connectivity index (χ4v) is 0.287. The van der Waals surface area contributed by atoms with Crippen molar-refractivity contribution in [1.29, 1.82) is 0 Å². The molecule has 0 aromatic carbocycles. The first kappa shape index (κ1) is 9.34. The van der Waals surface area contributed by atoms with E-state index >= 15 is 0 Å². The van der Waals surface area contributed by atoms with E-state index in [1.807, 2.05) is 0 Å². The summed E-state index contributed by atoms with van der Waals surface area (Å²) >= 11 is 3.85. The number of carbonyl (C=O) groups excluding carboxylic acids is 1. The summed E-state index contributed by atoms with van der Waals surface area (Å²) in [5.74, 6) is 1.91. The van der Waals surface area contributed by atoms with E-state index in [0.29, 0.717) is 0 Å². The molecule has 4 heteroatoms. The smallest absolute Gasteiger partial charge is 0.256 e. The lowest BCUT2D eigenvalue weighted by Gasteiger charge is -2.03. The van der Waals surface area contributed by atoms with Gasteiger partial charge in [0, 0.05) is 0 Å². The molecule has 0 heterocycles. The van der Waals surface area contributed by atoms with Crippen molar-refractivity contribution < 1.29 is 9.63 Å². The van der Waals surface area contributed by atoms with E-state index in [9.17, 15) is 4.79 Å². The maximum absolute atomic E-state index is 10.6. The van der Waals surface area contributed by atoms with Gasteiger partial charge in [-0.2, -0.15) is 12.6 Å². The average molecular weight is 159 g/mol. The van der Waals surface area contributed by atoms with E-state index in [2.05, 4.69) is 28.9 Å². The molecule has 0 saturated heterocycles. The summed E-state index contributed by atoms with van der Waals surface area (Å²) in [5, 5.41) is -0.377. The van der Waals surface area contributed by atoms with Crippen LogP contribution in [0.15, 0.2) is 0 Å². The highest BCUT2D eigenvalue weighted by Crippen LogP contribution is 1.90. The highest BCUT2D eigenvalue weighted by Gasteiger charge is 2.05. The first-order chi connectivity index (χ1) is 4.68. The number of hydrogen-bond acceptors (Lipinski definition) is 3. The zero-order valence-electron chi connectivity index (χ0n) is 5.63. The van der Waals surface area contributed by atoms with Crippen LogP contribution in [-0.4, -0.2) is 17.8 Å². The predicted molar refractivity (Wildman–Crippen MR) is 41.4 cm³/mol. The van der Waals surface area contributed by atoms with E-state index in [1.54, 1.807) is 6.92 Å². The first-order valence-corrected chi connectivity index (χ1v) is 3.23. The Balaban J connectivity index is 3.33. The largest absolute Gasteiger partial charge is 0.272 e. The molecular formula is C6H9NO2S. The maximum Gasteiger partial charge on any atom is 0.256 e. The van der Waals surface area contributed by atoms with Gasteiger partial charge in [0.05, 0.1) is 5.25 Å². The lowest BCUT2D eigenvalue weighted by atomic mass is 10.5. The molecule has 0 radical (unpaired) electrons. The van der Waals surface area contributed by atoms with Crippen LogP contribution < -0.4 is 5.48 Å². The number of carbonyl (C=O) groups is 1. The molecule has 1 unspecified atom stereocenters. The fourth-order valence-electron chi connectivity index (χ4n) is 0.234. The highest BCUT2D eigenvalue weighted by molar-refractivity contribution is 7.81. The lowest BCUT2D eigenvalue weighted by molar-refractivity contribution is -0.131. The molecule has 0 aromatic heterocycles. The number of amides is 1. The van der Waals surface area contributed by atoms with Crippen molar-refractivity contribution in [1.82, 2.24) is 5.48 Å². The molecule has 0 fully saturated rings. The Bertz CT molecular complexity index is 150. The summed E-state index contributed by atoms with van der Waals surface area (Å²) in [4.78, 5) is 15.2. The van der Waals surface area contributed by atoms with Crippen LogP contribution in [0.5, 0.6) is 0 Å². The molecule has 56 valence electrons. The Hall–Kier alpha value is -0.660. The molecular weight excluding hydrogens is 150 g/mol. The SMILES string of the molecule is C#CCONC(=O)C(C)S. The summed E-state index contributed by atoms with van der Waals surface area (Å²) in [5.41, 5.74) is 2.13. The zero-order chi connectivity index (χ0) is 7.98. The van der Waals surface area contributed by atoms with Crippen molar-refractivity contribution >= 4 is 18.5 Å². The standard InChI is InChI=1S/C6H9NO2S/c1-3-4-9-7-6(8)5(2)10/h1,5,10H,4H2,2H3,(H,7,8). The normalized spacial score (nSPS) is 11.7. The third-order valence-electron chi connectivity index (χ3n) is 0.708. The van der Waals surface area contributed by atoms with E-state index in [-0.39, 0.29) is 17.8 Å². The predicted octanol–water partition coefficient (Wildman–Crippen LogP) is -0.0143. The Labute approximate surface area is 65.5 Å². The van der Waals surface area contributed by atoms with Crippen LogP contribution in [0.25, 0.3) is 0 Å². The van der Waals surface area contributed by atoms with Gasteiger partial charge in [0.25, 0.3) is 5.91 Å². The van der Waals surface area contributed by atoms with Crippen molar-refractivity contribution in [2.75, 3.05) is 6.61 Å². The summed E-state index contributed by atoms with van der Waals surface area (Å²) in [6.07, 6.45) is 4.85. The summed E-state index contributed by atoms with van der Waals surface area (Å²) in [6.45, 7) is 1.71. The average Bonchev–Trinajstić information content (AvgIpc) is 1.88. The summed E-state index contributed by atoms with van der Waals surface area (Å²) in [7, 11) is 0. The minimum Gasteiger partial charge on any atom is -0.272 e. The van der Waals surface area contributed by atoms with Crippen LogP contribution in [0, 0.1) is 12.3 Å². The number of nitrogens with one attached hydrogen (secondary N) is 1. The molecule has 0 aromatic rings. The van der Waals surface area contributed by atoms with Crippen LogP contribution in [0.2, 0.25) is 0 Å². The number of rotatable bonds is 3. The van der Waals surface area contributed by atoms with E-state index in [0.717, 1.165) is 0 Å². The molecule has 1 amide bonds. The minimum absolute atomic E-state index is 0.0756. The Kier molecular flexibility index (Phi) is 4.81. The molecule has 10 heavy (non-hydrogen) atoms. The Morgan fingerprint density at radius 1 is 2.00 bits per heavy atom.